The lowest BCUT2D eigenvalue weighted by Crippen LogP contribution is -2.25. The molecule has 1 heterocycles. The number of nitrogens with zero attached hydrogens (tertiary/aromatic N) is 2. The van der Waals surface area contributed by atoms with E-state index >= 15 is 0 Å². The summed E-state index contributed by atoms with van der Waals surface area (Å²) in [4.78, 5) is 4.01. The summed E-state index contributed by atoms with van der Waals surface area (Å²) in [5.74, 6) is 1.62. The second kappa shape index (κ2) is 5.05. The quantitative estimate of drug-likeness (QED) is 0.852. The lowest BCUT2D eigenvalue weighted by molar-refractivity contribution is 0.167. The van der Waals surface area contributed by atoms with Crippen LogP contribution in [-0.2, 0) is 9.05 Å². The Balaban J connectivity index is 2.04. The molecular formula is C12H20ClN3O2S. The predicted molar refractivity (Wildman–Crippen MR) is 73.6 cm³/mol. The molecule has 7 heteroatoms. The molecule has 0 bridgehead atoms. The first kappa shape index (κ1) is 14.8. The molecule has 0 aromatic carbocycles. The van der Waals surface area contributed by atoms with Crippen molar-refractivity contribution in [3.8, 4) is 0 Å². The zero-order chi connectivity index (χ0) is 14.3. The van der Waals surface area contributed by atoms with Crippen LogP contribution in [0.3, 0.4) is 0 Å². The van der Waals surface area contributed by atoms with Crippen molar-refractivity contribution in [2.75, 3.05) is 0 Å². The van der Waals surface area contributed by atoms with Gasteiger partial charge in [0.05, 0.1) is 0 Å². The molecule has 1 fully saturated rings. The summed E-state index contributed by atoms with van der Waals surface area (Å²) >= 11 is 0. The molecule has 0 amide bonds. The third-order valence-electron chi connectivity index (χ3n) is 4.04. The van der Waals surface area contributed by atoms with Crippen molar-refractivity contribution in [3.63, 3.8) is 0 Å². The van der Waals surface area contributed by atoms with Crippen LogP contribution in [0, 0.1) is 11.3 Å². The van der Waals surface area contributed by atoms with Crippen LogP contribution in [-0.4, -0.2) is 23.6 Å². The van der Waals surface area contributed by atoms with Crippen molar-refractivity contribution >= 4 is 19.7 Å². The molecule has 0 aliphatic heterocycles. The number of halogens is 1. The topological polar surface area (TPSA) is 75.7 Å². The number of rotatable bonds is 2. The molecule has 2 rings (SSSR count). The second-order valence-electron chi connectivity index (χ2n) is 6.36. The Kier molecular flexibility index (Phi) is 3.93. The summed E-state index contributed by atoms with van der Waals surface area (Å²) in [6.07, 6.45) is 4.30. The van der Waals surface area contributed by atoms with E-state index in [1.54, 1.807) is 0 Å². The first-order valence-corrected chi connectivity index (χ1v) is 8.86. The van der Waals surface area contributed by atoms with E-state index in [4.69, 9.17) is 10.7 Å². The minimum Gasteiger partial charge on any atom is -0.262 e. The van der Waals surface area contributed by atoms with Gasteiger partial charge in [0.2, 0.25) is 0 Å². The summed E-state index contributed by atoms with van der Waals surface area (Å²) in [5.41, 5.74) is 0.330. The third kappa shape index (κ3) is 3.48. The van der Waals surface area contributed by atoms with E-state index in [9.17, 15) is 8.42 Å². The van der Waals surface area contributed by atoms with Crippen LogP contribution < -0.4 is 0 Å². The lowest BCUT2D eigenvalue weighted by Gasteiger charge is -2.36. The van der Waals surface area contributed by atoms with Gasteiger partial charge in [0, 0.05) is 16.6 Å². The molecule has 1 aliphatic carbocycles. The molecule has 108 valence electrons. The molecule has 0 atom stereocenters. The lowest BCUT2D eigenvalue weighted by atomic mass is 9.70. The van der Waals surface area contributed by atoms with Crippen LogP contribution in [0.2, 0.25) is 0 Å². The van der Waals surface area contributed by atoms with Gasteiger partial charge in [-0.3, -0.25) is 5.10 Å². The number of H-pyrrole nitrogens is 1. The van der Waals surface area contributed by atoms with Crippen LogP contribution in [0.1, 0.15) is 58.2 Å². The molecule has 1 aromatic rings. The van der Waals surface area contributed by atoms with E-state index in [0.717, 1.165) is 25.7 Å². The van der Waals surface area contributed by atoms with Crippen LogP contribution in [0.25, 0.3) is 0 Å². The Hall–Kier alpha value is -0.620. The summed E-state index contributed by atoms with van der Waals surface area (Å²) in [5, 5.41) is 6.07. The van der Waals surface area contributed by atoms with Gasteiger partial charge in [-0.2, -0.15) is 0 Å². The standard InChI is InChI=1S/C12H20ClN3O2S/c1-12(2,3)9-6-4-8(5-7-9)10-14-11(16-15-10)19(13,17)18/h8-9H,4-7H2,1-3H3,(H,14,15,16). The van der Waals surface area contributed by atoms with Crippen LogP contribution >= 0.6 is 10.7 Å². The normalized spacial score (nSPS) is 25.5. The van der Waals surface area contributed by atoms with Crippen molar-refractivity contribution in [2.24, 2.45) is 11.3 Å². The first-order valence-electron chi connectivity index (χ1n) is 6.55. The van der Waals surface area contributed by atoms with Crippen LogP contribution in [0.5, 0.6) is 0 Å². The average molecular weight is 306 g/mol. The second-order valence-corrected chi connectivity index (χ2v) is 8.82. The molecule has 5 nitrogen and oxygen atoms in total. The summed E-state index contributed by atoms with van der Waals surface area (Å²) in [6, 6.07) is 0. The molecule has 1 saturated carbocycles. The molecule has 1 aromatic heterocycles. The zero-order valence-electron chi connectivity index (χ0n) is 11.5. The number of hydrogen-bond acceptors (Lipinski definition) is 4. The fourth-order valence-corrected chi connectivity index (χ4v) is 3.35. The SMILES string of the molecule is CC(C)(C)C1CCC(c2nc(S(=O)(=O)Cl)n[nH]2)CC1. The van der Waals surface area contributed by atoms with E-state index in [1.165, 1.54) is 0 Å². The highest BCUT2D eigenvalue weighted by atomic mass is 35.7. The molecule has 19 heavy (non-hydrogen) atoms. The number of hydrogen-bond donors (Lipinski definition) is 1. The maximum atomic E-state index is 11.1. The van der Waals surface area contributed by atoms with Gasteiger partial charge in [0.15, 0.2) is 0 Å². The molecule has 0 radical (unpaired) electrons. The van der Waals surface area contributed by atoms with Crippen molar-refractivity contribution in [1.29, 1.82) is 0 Å². The Bertz CT molecular complexity index is 540. The third-order valence-corrected chi connectivity index (χ3v) is 5.07. The van der Waals surface area contributed by atoms with Crippen molar-refractivity contribution in [2.45, 2.75) is 57.5 Å². The van der Waals surface area contributed by atoms with Crippen molar-refractivity contribution in [3.05, 3.63) is 5.82 Å². The largest absolute Gasteiger partial charge is 0.298 e. The van der Waals surface area contributed by atoms with Gasteiger partial charge in [0.1, 0.15) is 5.82 Å². The Morgan fingerprint density at radius 2 is 1.79 bits per heavy atom. The van der Waals surface area contributed by atoms with Gasteiger partial charge in [0.25, 0.3) is 14.2 Å². The Morgan fingerprint density at radius 1 is 1.21 bits per heavy atom. The number of nitrogens with one attached hydrogen (secondary N) is 1. The summed E-state index contributed by atoms with van der Waals surface area (Å²) in [6.45, 7) is 6.81. The Morgan fingerprint density at radius 3 is 2.21 bits per heavy atom. The van der Waals surface area contributed by atoms with E-state index in [-0.39, 0.29) is 11.1 Å². The van der Waals surface area contributed by atoms with Gasteiger partial charge in [-0.25, -0.2) is 13.4 Å². The smallest absolute Gasteiger partial charge is 0.262 e. The molecule has 0 spiro atoms. The predicted octanol–water partition coefficient (Wildman–Crippen LogP) is 3.05. The van der Waals surface area contributed by atoms with Gasteiger partial charge in [-0.1, -0.05) is 20.8 Å². The molecular weight excluding hydrogens is 286 g/mol. The van der Waals surface area contributed by atoms with E-state index in [1.807, 2.05) is 0 Å². The maximum absolute atomic E-state index is 11.1. The van der Waals surface area contributed by atoms with Gasteiger partial charge < -0.3 is 0 Å². The molecule has 1 aliphatic rings. The summed E-state index contributed by atoms with van der Waals surface area (Å²) < 4.78 is 22.3. The van der Waals surface area contributed by atoms with E-state index in [2.05, 4.69) is 36.0 Å². The average Bonchev–Trinajstić information content (AvgIpc) is 2.77. The highest BCUT2D eigenvalue weighted by molar-refractivity contribution is 8.13. The van der Waals surface area contributed by atoms with Gasteiger partial charge in [-0.15, -0.1) is 5.10 Å². The monoisotopic (exact) mass is 305 g/mol. The fraction of sp³-hybridized carbons (Fsp3) is 0.833. The van der Waals surface area contributed by atoms with Crippen molar-refractivity contribution < 1.29 is 8.42 Å². The highest BCUT2D eigenvalue weighted by Crippen LogP contribution is 2.42. The van der Waals surface area contributed by atoms with Crippen LogP contribution in [0.15, 0.2) is 5.16 Å². The van der Waals surface area contributed by atoms with Crippen molar-refractivity contribution in [1.82, 2.24) is 15.2 Å². The first-order chi connectivity index (χ1) is 8.68. The minimum absolute atomic E-state index is 0.262. The van der Waals surface area contributed by atoms with Gasteiger partial charge >= 0.3 is 0 Å². The number of aromatic amines is 1. The van der Waals surface area contributed by atoms with E-state index < -0.39 is 9.05 Å². The molecule has 1 N–H and O–H groups in total. The maximum Gasteiger partial charge on any atom is 0.298 e. The highest BCUT2D eigenvalue weighted by Gasteiger charge is 2.32. The fourth-order valence-electron chi connectivity index (χ4n) is 2.78. The van der Waals surface area contributed by atoms with Crippen LogP contribution in [0.4, 0.5) is 0 Å². The van der Waals surface area contributed by atoms with E-state index in [0.29, 0.717) is 17.2 Å². The number of aromatic nitrogens is 3. The molecule has 0 unspecified atom stereocenters. The molecule has 0 saturated heterocycles. The summed E-state index contributed by atoms with van der Waals surface area (Å²) in [7, 11) is 1.39. The zero-order valence-corrected chi connectivity index (χ0v) is 13.1. The van der Waals surface area contributed by atoms with Gasteiger partial charge in [-0.05, 0) is 37.0 Å². The minimum atomic E-state index is -3.84. The Labute approximate surface area is 118 Å².